The minimum absolute atomic E-state index is 0.243. The van der Waals surface area contributed by atoms with E-state index >= 15 is 0 Å². The van der Waals surface area contributed by atoms with Gasteiger partial charge in [-0.05, 0) is 18.7 Å². The molecule has 0 unspecified atom stereocenters. The summed E-state index contributed by atoms with van der Waals surface area (Å²) >= 11 is 0. The Morgan fingerprint density at radius 1 is 1.29 bits per heavy atom. The van der Waals surface area contributed by atoms with Gasteiger partial charge in [-0.25, -0.2) is 0 Å². The number of rotatable bonds is 4. The molecule has 0 aromatic carbocycles. The molecule has 1 saturated heterocycles. The molecule has 5 heteroatoms. The topological polar surface area (TPSA) is 62.7 Å². The van der Waals surface area contributed by atoms with Crippen LogP contribution >= 0.6 is 0 Å². The number of nitrogens with zero attached hydrogens (tertiary/aromatic N) is 2. The summed E-state index contributed by atoms with van der Waals surface area (Å²) in [7, 11) is 0. The van der Waals surface area contributed by atoms with Gasteiger partial charge in [0.2, 0.25) is 0 Å². The average Bonchev–Trinajstić information content (AvgIpc) is 2.79. The van der Waals surface area contributed by atoms with Crippen LogP contribution in [0.4, 0.5) is 0 Å². The average molecular weight is 237 g/mol. The van der Waals surface area contributed by atoms with Crippen molar-refractivity contribution in [1.82, 2.24) is 9.80 Å². The molecule has 1 amide bonds. The van der Waals surface area contributed by atoms with Crippen LogP contribution in [-0.2, 0) is 6.54 Å². The SMILES string of the molecule is CCN1CCN(Cc2ccc(C(N)=O)o2)CC1. The number of nitrogens with two attached hydrogens (primary N) is 1. The second-order valence-electron chi connectivity index (χ2n) is 4.34. The molecule has 0 saturated carbocycles. The van der Waals surface area contributed by atoms with Crippen molar-refractivity contribution in [3.05, 3.63) is 23.7 Å². The highest BCUT2D eigenvalue weighted by Gasteiger charge is 2.17. The predicted molar refractivity (Wildman–Crippen MR) is 64.6 cm³/mol. The number of piperazine rings is 1. The molecule has 1 aromatic rings. The molecular weight excluding hydrogens is 218 g/mol. The first-order chi connectivity index (χ1) is 8.19. The van der Waals surface area contributed by atoms with Gasteiger partial charge in [0.25, 0.3) is 5.91 Å². The van der Waals surface area contributed by atoms with Gasteiger partial charge in [-0.15, -0.1) is 0 Å². The van der Waals surface area contributed by atoms with Crippen molar-refractivity contribution in [2.45, 2.75) is 13.5 Å². The Kier molecular flexibility index (Phi) is 3.81. The maximum Gasteiger partial charge on any atom is 0.284 e. The first kappa shape index (κ1) is 12.1. The van der Waals surface area contributed by atoms with Gasteiger partial charge in [0.1, 0.15) is 5.76 Å². The largest absolute Gasteiger partial charge is 0.455 e. The molecule has 0 atom stereocenters. The second-order valence-corrected chi connectivity index (χ2v) is 4.34. The van der Waals surface area contributed by atoms with Crippen LogP contribution in [0.3, 0.4) is 0 Å². The first-order valence-electron chi connectivity index (χ1n) is 6.02. The molecule has 0 aliphatic carbocycles. The summed E-state index contributed by atoms with van der Waals surface area (Å²) in [5.74, 6) is 0.544. The monoisotopic (exact) mass is 237 g/mol. The van der Waals surface area contributed by atoms with Gasteiger partial charge in [0, 0.05) is 26.2 Å². The van der Waals surface area contributed by atoms with E-state index in [0.717, 1.165) is 45.0 Å². The number of hydrogen-bond acceptors (Lipinski definition) is 4. The van der Waals surface area contributed by atoms with Crippen molar-refractivity contribution in [1.29, 1.82) is 0 Å². The fraction of sp³-hybridized carbons (Fsp3) is 0.583. The zero-order valence-electron chi connectivity index (χ0n) is 10.2. The van der Waals surface area contributed by atoms with Crippen LogP contribution in [0.5, 0.6) is 0 Å². The Bertz CT molecular complexity index is 381. The van der Waals surface area contributed by atoms with Crippen LogP contribution in [0.1, 0.15) is 23.2 Å². The van der Waals surface area contributed by atoms with E-state index in [1.165, 1.54) is 0 Å². The van der Waals surface area contributed by atoms with E-state index < -0.39 is 5.91 Å². The smallest absolute Gasteiger partial charge is 0.284 e. The molecule has 2 rings (SSSR count). The molecule has 0 spiro atoms. The van der Waals surface area contributed by atoms with Crippen molar-refractivity contribution in [3.63, 3.8) is 0 Å². The molecule has 17 heavy (non-hydrogen) atoms. The highest BCUT2D eigenvalue weighted by atomic mass is 16.4. The van der Waals surface area contributed by atoms with Crippen LogP contribution in [0.2, 0.25) is 0 Å². The first-order valence-corrected chi connectivity index (χ1v) is 6.02. The molecule has 1 aliphatic rings. The highest BCUT2D eigenvalue weighted by Crippen LogP contribution is 2.12. The summed E-state index contributed by atoms with van der Waals surface area (Å²) in [6.45, 7) is 8.33. The fourth-order valence-electron chi connectivity index (χ4n) is 2.08. The second kappa shape index (κ2) is 5.33. The van der Waals surface area contributed by atoms with Gasteiger partial charge in [0.05, 0.1) is 6.54 Å². The van der Waals surface area contributed by atoms with Crippen LogP contribution in [0, 0.1) is 0 Å². The number of amides is 1. The summed E-state index contributed by atoms with van der Waals surface area (Å²) in [6.07, 6.45) is 0. The van der Waals surface area contributed by atoms with Crippen molar-refractivity contribution < 1.29 is 9.21 Å². The molecule has 1 fully saturated rings. The molecule has 5 nitrogen and oxygen atoms in total. The molecule has 1 aliphatic heterocycles. The van der Waals surface area contributed by atoms with E-state index in [1.54, 1.807) is 6.07 Å². The minimum atomic E-state index is -0.507. The summed E-state index contributed by atoms with van der Waals surface area (Å²) in [5.41, 5.74) is 5.14. The van der Waals surface area contributed by atoms with E-state index in [1.807, 2.05) is 6.07 Å². The number of likely N-dealkylation sites (N-methyl/N-ethyl adjacent to an activating group) is 1. The number of furan rings is 1. The minimum Gasteiger partial charge on any atom is -0.455 e. The van der Waals surface area contributed by atoms with Gasteiger partial charge < -0.3 is 15.1 Å². The van der Waals surface area contributed by atoms with Gasteiger partial charge in [-0.2, -0.15) is 0 Å². The van der Waals surface area contributed by atoms with E-state index in [9.17, 15) is 4.79 Å². The lowest BCUT2D eigenvalue weighted by atomic mass is 10.3. The van der Waals surface area contributed by atoms with E-state index in [0.29, 0.717) is 0 Å². The zero-order valence-corrected chi connectivity index (χ0v) is 10.2. The Balaban J connectivity index is 1.86. The van der Waals surface area contributed by atoms with Crippen molar-refractivity contribution >= 4 is 5.91 Å². The van der Waals surface area contributed by atoms with Crippen molar-refractivity contribution in [3.8, 4) is 0 Å². The van der Waals surface area contributed by atoms with Crippen molar-refractivity contribution in [2.75, 3.05) is 32.7 Å². The Hall–Kier alpha value is -1.33. The number of carbonyl (C=O) groups is 1. The molecule has 1 aromatic heterocycles. The fourth-order valence-corrected chi connectivity index (χ4v) is 2.08. The lowest BCUT2D eigenvalue weighted by molar-refractivity contribution is 0.0964. The van der Waals surface area contributed by atoms with Gasteiger partial charge >= 0.3 is 0 Å². The summed E-state index contributed by atoms with van der Waals surface area (Å²) in [5, 5.41) is 0. The number of carbonyl (C=O) groups excluding carboxylic acids is 1. The van der Waals surface area contributed by atoms with Crippen LogP contribution in [0.15, 0.2) is 16.5 Å². The van der Waals surface area contributed by atoms with Crippen LogP contribution in [-0.4, -0.2) is 48.4 Å². The summed E-state index contributed by atoms with van der Waals surface area (Å²) < 4.78 is 5.37. The zero-order chi connectivity index (χ0) is 12.3. The number of hydrogen-bond donors (Lipinski definition) is 1. The van der Waals surface area contributed by atoms with Crippen LogP contribution < -0.4 is 5.73 Å². The Morgan fingerprint density at radius 3 is 2.47 bits per heavy atom. The Labute approximate surface area is 101 Å². The van der Waals surface area contributed by atoms with Gasteiger partial charge in [0.15, 0.2) is 5.76 Å². The summed E-state index contributed by atoms with van der Waals surface area (Å²) in [6, 6.07) is 3.46. The maximum absolute atomic E-state index is 10.9. The van der Waals surface area contributed by atoms with E-state index in [-0.39, 0.29) is 5.76 Å². The molecule has 0 radical (unpaired) electrons. The third-order valence-corrected chi connectivity index (χ3v) is 3.20. The Morgan fingerprint density at radius 2 is 1.94 bits per heavy atom. The van der Waals surface area contributed by atoms with Crippen LogP contribution in [0.25, 0.3) is 0 Å². The summed E-state index contributed by atoms with van der Waals surface area (Å²) in [4.78, 5) is 15.6. The lowest BCUT2D eigenvalue weighted by Crippen LogP contribution is -2.45. The highest BCUT2D eigenvalue weighted by molar-refractivity contribution is 5.89. The van der Waals surface area contributed by atoms with E-state index in [2.05, 4.69) is 16.7 Å². The number of primary amides is 1. The molecule has 0 bridgehead atoms. The quantitative estimate of drug-likeness (QED) is 0.829. The molecular formula is C12H19N3O2. The lowest BCUT2D eigenvalue weighted by Gasteiger charge is -2.33. The standard InChI is InChI=1S/C12H19N3O2/c1-2-14-5-7-15(8-6-14)9-10-3-4-11(17-10)12(13)16/h3-4H,2,5-9H2,1H3,(H2,13,16). The third kappa shape index (κ3) is 3.08. The van der Waals surface area contributed by atoms with E-state index in [4.69, 9.17) is 10.2 Å². The third-order valence-electron chi connectivity index (χ3n) is 3.20. The van der Waals surface area contributed by atoms with Crippen molar-refractivity contribution in [2.24, 2.45) is 5.73 Å². The molecule has 2 N–H and O–H groups in total. The van der Waals surface area contributed by atoms with Gasteiger partial charge in [-0.1, -0.05) is 6.92 Å². The normalized spacial score (nSPS) is 18.4. The molecule has 2 heterocycles. The van der Waals surface area contributed by atoms with Gasteiger partial charge in [-0.3, -0.25) is 9.69 Å². The maximum atomic E-state index is 10.9. The molecule has 94 valence electrons. The predicted octanol–water partition coefficient (Wildman–Crippen LogP) is 0.516.